The van der Waals surface area contributed by atoms with Crippen LogP contribution >= 0.6 is 0 Å². The number of sulfonamides is 1. The predicted molar refractivity (Wildman–Crippen MR) is 131 cm³/mol. The highest BCUT2D eigenvalue weighted by Crippen LogP contribution is 2.34. The quantitative estimate of drug-likeness (QED) is 0.541. The largest absolute Gasteiger partial charge is 0.465 e. The van der Waals surface area contributed by atoms with E-state index in [0.717, 1.165) is 42.5 Å². The van der Waals surface area contributed by atoms with E-state index >= 15 is 0 Å². The Morgan fingerprint density at radius 2 is 1.85 bits per heavy atom. The molecule has 188 valence electrons. The fourth-order valence-corrected chi connectivity index (χ4v) is 7.26. The molecule has 2 saturated carbocycles. The molecule has 11 heteroatoms. The number of carbonyl (C=O) groups is 1. The minimum Gasteiger partial charge on any atom is -0.465 e. The number of rotatable bonds is 7. The van der Waals surface area contributed by atoms with Crippen molar-refractivity contribution in [3.05, 3.63) is 18.6 Å². The van der Waals surface area contributed by atoms with Crippen LogP contribution in [-0.4, -0.2) is 75.9 Å². The zero-order valence-electron chi connectivity index (χ0n) is 20.4. The summed E-state index contributed by atoms with van der Waals surface area (Å²) in [5.41, 5.74) is 0.306. The summed E-state index contributed by atoms with van der Waals surface area (Å²) in [6.45, 7) is 5.58. The number of anilines is 1. The second-order valence-corrected chi connectivity index (χ2v) is 12.6. The number of aromatic amines is 1. The molecule has 2 heterocycles. The number of fused-ring (bicyclic) bond motifs is 1. The molecule has 2 aromatic rings. The smallest absolute Gasteiger partial charge is 0.407 e. The third kappa shape index (κ3) is 5.30. The highest BCUT2D eigenvalue weighted by Gasteiger charge is 2.42. The molecular weight excluding hydrogens is 456 g/mol. The van der Waals surface area contributed by atoms with Crippen molar-refractivity contribution in [3.63, 3.8) is 0 Å². The van der Waals surface area contributed by atoms with Crippen LogP contribution in [-0.2, 0) is 10.0 Å². The van der Waals surface area contributed by atoms with Crippen LogP contribution in [0.5, 0.6) is 0 Å². The third-order valence-corrected chi connectivity index (χ3v) is 8.84. The highest BCUT2D eigenvalue weighted by molar-refractivity contribution is 7.89. The average Bonchev–Trinajstić information content (AvgIpc) is 3.19. The second-order valence-electron chi connectivity index (χ2n) is 10.8. The number of nitrogens with one attached hydrogen (secondary N) is 2. The molecule has 0 radical (unpaired) electrons. The van der Waals surface area contributed by atoms with E-state index in [2.05, 4.69) is 24.6 Å². The molecule has 0 atom stereocenters. The van der Waals surface area contributed by atoms with E-state index in [1.54, 1.807) is 6.33 Å². The lowest BCUT2D eigenvalue weighted by Crippen LogP contribution is -2.60. The first-order valence-corrected chi connectivity index (χ1v) is 13.6. The first kappa shape index (κ1) is 24.7. The van der Waals surface area contributed by atoms with Gasteiger partial charge in [0.25, 0.3) is 0 Å². The topological polar surface area (TPSA) is 132 Å². The minimum absolute atomic E-state index is 0.126. The standard InChI is InChI=1S/C23H36N6O4S/c1-23(2,3)29(22(30)31)18-11-16(12-18)27-34(32,33)13-15-5-7-17(8-6-15)28(4)21-19-9-10-24-20(19)25-14-26-21/h9-10,14-18,27H,5-8,11-13H2,1-4H3,(H,30,31)(H,24,25,26)/t15-,16?,17-,18?. The normalized spacial score (nSPS) is 25.6. The van der Waals surface area contributed by atoms with Crippen LogP contribution in [0, 0.1) is 5.92 Å². The van der Waals surface area contributed by atoms with Gasteiger partial charge in [0, 0.05) is 36.9 Å². The van der Waals surface area contributed by atoms with Gasteiger partial charge in [-0.05, 0) is 71.3 Å². The van der Waals surface area contributed by atoms with Crippen LogP contribution in [0.25, 0.3) is 11.0 Å². The summed E-state index contributed by atoms with van der Waals surface area (Å²) in [7, 11) is -1.37. The fraction of sp³-hybridized carbons (Fsp3) is 0.696. The molecule has 2 aliphatic carbocycles. The van der Waals surface area contributed by atoms with Crippen molar-refractivity contribution < 1.29 is 18.3 Å². The lowest BCUT2D eigenvalue weighted by atomic mass is 9.84. The lowest BCUT2D eigenvalue weighted by Gasteiger charge is -2.47. The molecule has 1 amide bonds. The molecule has 2 aliphatic rings. The van der Waals surface area contributed by atoms with Crippen LogP contribution in [0.15, 0.2) is 18.6 Å². The Morgan fingerprint density at radius 1 is 1.18 bits per heavy atom. The number of aromatic nitrogens is 3. The molecule has 34 heavy (non-hydrogen) atoms. The number of hydrogen-bond acceptors (Lipinski definition) is 6. The van der Waals surface area contributed by atoms with E-state index in [1.165, 1.54) is 4.90 Å². The number of hydrogen-bond donors (Lipinski definition) is 3. The molecule has 3 N–H and O–H groups in total. The van der Waals surface area contributed by atoms with Crippen molar-refractivity contribution in [2.24, 2.45) is 5.92 Å². The molecule has 0 aromatic carbocycles. The van der Waals surface area contributed by atoms with Crippen molar-refractivity contribution in [3.8, 4) is 0 Å². The predicted octanol–water partition coefficient (Wildman–Crippen LogP) is 3.18. The number of H-pyrrole nitrogens is 1. The van der Waals surface area contributed by atoms with E-state index in [4.69, 9.17) is 0 Å². The van der Waals surface area contributed by atoms with Gasteiger partial charge in [-0.25, -0.2) is 27.9 Å². The maximum atomic E-state index is 12.8. The fourth-order valence-electron chi connectivity index (χ4n) is 5.51. The molecule has 0 bridgehead atoms. The van der Waals surface area contributed by atoms with Crippen molar-refractivity contribution in [1.82, 2.24) is 24.6 Å². The number of nitrogens with zero attached hydrogens (tertiary/aromatic N) is 4. The van der Waals surface area contributed by atoms with Crippen molar-refractivity contribution in [2.45, 2.75) is 83.0 Å². The van der Waals surface area contributed by atoms with Gasteiger partial charge in [-0.1, -0.05) is 0 Å². The van der Waals surface area contributed by atoms with E-state index in [-0.39, 0.29) is 23.8 Å². The van der Waals surface area contributed by atoms with Crippen molar-refractivity contribution in [2.75, 3.05) is 17.7 Å². The summed E-state index contributed by atoms with van der Waals surface area (Å²) in [6.07, 6.45) is 7.03. The number of carboxylic acid groups (broad SMARTS) is 1. The van der Waals surface area contributed by atoms with Gasteiger partial charge in [-0.2, -0.15) is 0 Å². The number of amides is 1. The maximum absolute atomic E-state index is 12.8. The summed E-state index contributed by atoms with van der Waals surface area (Å²) in [6, 6.07) is 1.95. The Bertz CT molecular complexity index is 1110. The van der Waals surface area contributed by atoms with Crippen LogP contribution in [0.4, 0.5) is 10.6 Å². The van der Waals surface area contributed by atoms with E-state index in [9.17, 15) is 18.3 Å². The van der Waals surface area contributed by atoms with Crippen LogP contribution in [0.3, 0.4) is 0 Å². The second kappa shape index (κ2) is 9.33. The van der Waals surface area contributed by atoms with Gasteiger partial charge in [0.2, 0.25) is 10.0 Å². The van der Waals surface area contributed by atoms with Crippen LogP contribution in [0.1, 0.15) is 59.3 Å². The molecule has 4 rings (SSSR count). The van der Waals surface area contributed by atoms with Gasteiger partial charge in [-0.15, -0.1) is 0 Å². The van der Waals surface area contributed by atoms with Gasteiger partial charge in [0.05, 0.1) is 11.1 Å². The Balaban J connectivity index is 1.26. The molecular formula is C23H36N6O4S. The zero-order chi connectivity index (χ0) is 24.7. The Kier molecular flexibility index (Phi) is 6.78. The van der Waals surface area contributed by atoms with Crippen molar-refractivity contribution >= 4 is 33.0 Å². The summed E-state index contributed by atoms with van der Waals surface area (Å²) in [4.78, 5) is 27.1. The van der Waals surface area contributed by atoms with E-state index in [0.29, 0.717) is 18.9 Å². The average molecular weight is 493 g/mol. The van der Waals surface area contributed by atoms with Gasteiger partial charge in [0.15, 0.2) is 0 Å². The molecule has 0 unspecified atom stereocenters. The Morgan fingerprint density at radius 3 is 2.47 bits per heavy atom. The van der Waals surface area contributed by atoms with E-state index in [1.807, 2.05) is 40.1 Å². The maximum Gasteiger partial charge on any atom is 0.407 e. The monoisotopic (exact) mass is 492 g/mol. The molecule has 0 aliphatic heterocycles. The first-order valence-electron chi connectivity index (χ1n) is 12.0. The van der Waals surface area contributed by atoms with E-state index < -0.39 is 21.7 Å². The first-order chi connectivity index (χ1) is 15.9. The summed E-state index contributed by atoms with van der Waals surface area (Å²) < 4.78 is 28.4. The third-order valence-electron chi connectivity index (χ3n) is 7.24. The molecule has 2 aromatic heterocycles. The van der Waals surface area contributed by atoms with Gasteiger partial charge in [0.1, 0.15) is 17.8 Å². The van der Waals surface area contributed by atoms with Crippen LogP contribution in [0.2, 0.25) is 0 Å². The summed E-state index contributed by atoms with van der Waals surface area (Å²) >= 11 is 0. The molecule has 0 saturated heterocycles. The Labute approximate surface area is 201 Å². The van der Waals surface area contributed by atoms with Crippen LogP contribution < -0.4 is 9.62 Å². The molecule has 0 spiro atoms. The summed E-state index contributed by atoms with van der Waals surface area (Å²) in [5.74, 6) is 1.15. The Hall–Kier alpha value is -2.40. The SMILES string of the molecule is CN(c1ncnc2[nH]ccc12)[C@H]1CC[C@H](CS(=O)(=O)NC2CC(N(C(=O)O)C(C)(C)C)C2)CC1. The zero-order valence-corrected chi connectivity index (χ0v) is 21.2. The summed E-state index contributed by atoms with van der Waals surface area (Å²) in [5, 5.41) is 10.5. The van der Waals surface area contributed by atoms with Gasteiger partial charge < -0.3 is 19.9 Å². The molecule has 10 nitrogen and oxygen atoms in total. The highest BCUT2D eigenvalue weighted by atomic mass is 32.2. The molecule has 2 fully saturated rings. The van der Waals surface area contributed by atoms with Gasteiger partial charge >= 0.3 is 6.09 Å². The minimum atomic E-state index is -3.41. The van der Waals surface area contributed by atoms with Crippen molar-refractivity contribution in [1.29, 1.82) is 0 Å². The van der Waals surface area contributed by atoms with Gasteiger partial charge in [-0.3, -0.25) is 0 Å². The lowest BCUT2D eigenvalue weighted by molar-refractivity contribution is 0.0327.